The third-order valence-corrected chi connectivity index (χ3v) is 3.55. The second kappa shape index (κ2) is 8.05. The number of urea groups is 1. The molecule has 0 spiro atoms. The average molecular weight is 332 g/mol. The van der Waals surface area contributed by atoms with Crippen LogP contribution in [0.1, 0.15) is 23.8 Å². The van der Waals surface area contributed by atoms with Crippen molar-refractivity contribution in [1.29, 1.82) is 0 Å². The number of carboxylic acids is 1. The van der Waals surface area contributed by atoms with E-state index in [1.807, 2.05) is 18.2 Å². The molecule has 7 nitrogen and oxygen atoms in total. The number of methoxy groups -OCH3 is 1. The number of carbonyl (C=O) groups excluding carboxylic acids is 1. The van der Waals surface area contributed by atoms with Crippen molar-refractivity contribution in [3.63, 3.8) is 0 Å². The van der Waals surface area contributed by atoms with E-state index in [9.17, 15) is 9.59 Å². The molecule has 7 heteroatoms. The second-order valence-corrected chi connectivity index (χ2v) is 5.21. The van der Waals surface area contributed by atoms with E-state index in [1.165, 1.54) is 11.2 Å². The minimum absolute atomic E-state index is 0.109. The van der Waals surface area contributed by atoms with Gasteiger partial charge in [0.1, 0.15) is 17.6 Å². The molecule has 24 heavy (non-hydrogen) atoms. The summed E-state index contributed by atoms with van der Waals surface area (Å²) in [5.41, 5.74) is 0.745. The number of hydrogen-bond donors (Lipinski definition) is 2. The van der Waals surface area contributed by atoms with Gasteiger partial charge in [-0.25, -0.2) is 4.79 Å². The van der Waals surface area contributed by atoms with Gasteiger partial charge in [-0.15, -0.1) is 0 Å². The van der Waals surface area contributed by atoms with E-state index in [-0.39, 0.29) is 13.0 Å². The number of amides is 2. The maximum atomic E-state index is 12.4. The Morgan fingerprint density at radius 3 is 2.67 bits per heavy atom. The molecule has 0 saturated carbocycles. The molecule has 0 bridgehead atoms. The Hall–Kier alpha value is -2.96. The fourth-order valence-electron chi connectivity index (χ4n) is 2.26. The van der Waals surface area contributed by atoms with Gasteiger partial charge in [-0.1, -0.05) is 18.2 Å². The first-order chi connectivity index (χ1) is 11.5. The highest BCUT2D eigenvalue weighted by atomic mass is 16.5. The van der Waals surface area contributed by atoms with Crippen LogP contribution in [0.5, 0.6) is 5.75 Å². The average Bonchev–Trinajstić information content (AvgIpc) is 3.11. The van der Waals surface area contributed by atoms with E-state index in [0.717, 1.165) is 5.56 Å². The quantitative estimate of drug-likeness (QED) is 0.813. The molecule has 0 fully saturated rings. The molecule has 2 amide bonds. The number of rotatable bonds is 7. The Morgan fingerprint density at radius 1 is 1.29 bits per heavy atom. The third-order valence-electron chi connectivity index (χ3n) is 3.55. The van der Waals surface area contributed by atoms with Crippen LogP contribution in [-0.2, 0) is 4.79 Å². The fraction of sp³-hybridized carbons (Fsp3) is 0.294. The van der Waals surface area contributed by atoms with Crippen molar-refractivity contribution in [2.75, 3.05) is 20.7 Å². The lowest BCUT2D eigenvalue weighted by Gasteiger charge is -2.23. The van der Waals surface area contributed by atoms with Gasteiger partial charge in [-0.05, 0) is 18.2 Å². The summed E-state index contributed by atoms with van der Waals surface area (Å²) in [5.74, 6) is 0.217. The van der Waals surface area contributed by atoms with E-state index >= 15 is 0 Å². The number of furan rings is 1. The zero-order valence-corrected chi connectivity index (χ0v) is 13.6. The fourth-order valence-corrected chi connectivity index (χ4v) is 2.26. The molecule has 2 N–H and O–H groups in total. The summed E-state index contributed by atoms with van der Waals surface area (Å²) < 4.78 is 10.8. The van der Waals surface area contributed by atoms with Crippen molar-refractivity contribution in [3.05, 3.63) is 54.0 Å². The number of para-hydroxylation sites is 1. The summed E-state index contributed by atoms with van der Waals surface area (Å²) in [6.45, 7) is 0.109. The molecule has 0 aliphatic heterocycles. The van der Waals surface area contributed by atoms with Gasteiger partial charge in [0.05, 0.1) is 19.8 Å². The Morgan fingerprint density at radius 2 is 2.04 bits per heavy atom. The minimum atomic E-state index is -0.957. The van der Waals surface area contributed by atoms with Crippen LogP contribution in [0.25, 0.3) is 0 Å². The maximum absolute atomic E-state index is 12.4. The Kier molecular flexibility index (Phi) is 5.83. The second-order valence-electron chi connectivity index (χ2n) is 5.21. The van der Waals surface area contributed by atoms with Crippen LogP contribution in [0, 0.1) is 0 Å². The highest BCUT2D eigenvalue weighted by Gasteiger charge is 2.24. The standard InChI is InChI=1S/C17H20N2O5/c1-19(10-9-15(20)21)17(22)18-16(14-8-5-11-24-14)12-6-3-4-7-13(12)23-2/h3-8,11,16H,9-10H2,1-2H3,(H,18,22)(H,20,21). The van der Waals surface area contributed by atoms with Crippen LogP contribution >= 0.6 is 0 Å². The molecule has 1 aromatic carbocycles. The molecule has 1 unspecified atom stereocenters. The molecule has 0 aliphatic rings. The van der Waals surface area contributed by atoms with Crippen LogP contribution in [0.3, 0.4) is 0 Å². The molecule has 1 atom stereocenters. The summed E-state index contributed by atoms with van der Waals surface area (Å²) in [5, 5.41) is 11.6. The number of carbonyl (C=O) groups is 2. The minimum Gasteiger partial charge on any atom is -0.496 e. The summed E-state index contributed by atoms with van der Waals surface area (Å²) in [4.78, 5) is 24.3. The summed E-state index contributed by atoms with van der Waals surface area (Å²) in [6, 6.07) is 9.86. The lowest BCUT2D eigenvalue weighted by molar-refractivity contribution is -0.137. The lowest BCUT2D eigenvalue weighted by atomic mass is 10.0. The van der Waals surface area contributed by atoms with Crippen molar-refractivity contribution in [2.45, 2.75) is 12.5 Å². The normalized spacial score (nSPS) is 11.6. The van der Waals surface area contributed by atoms with Crippen molar-refractivity contribution < 1.29 is 23.8 Å². The highest BCUT2D eigenvalue weighted by Crippen LogP contribution is 2.30. The maximum Gasteiger partial charge on any atom is 0.318 e. The SMILES string of the molecule is COc1ccccc1C(NC(=O)N(C)CCC(=O)O)c1ccco1. The van der Waals surface area contributed by atoms with Crippen molar-refractivity contribution in [3.8, 4) is 5.75 Å². The molecule has 1 aromatic heterocycles. The molecular formula is C17H20N2O5. The first-order valence-corrected chi connectivity index (χ1v) is 7.42. The molecule has 0 radical (unpaired) electrons. The van der Waals surface area contributed by atoms with Crippen LogP contribution in [0.15, 0.2) is 47.1 Å². The summed E-state index contributed by atoms with van der Waals surface area (Å²) in [6.07, 6.45) is 1.40. The van der Waals surface area contributed by atoms with E-state index in [2.05, 4.69) is 5.32 Å². The highest BCUT2D eigenvalue weighted by molar-refractivity contribution is 5.76. The van der Waals surface area contributed by atoms with Gasteiger partial charge in [-0.3, -0.25) is 4.79 Å². The van der Waals surface area contributed by atoms with Gasteiger partial charge < -0.3 is 24.5 Å². The van der Waals surface area contributed by atoms with Crippen LogP contribution in [0.2, 0.25) is 0 Å². The predicted octanol–water partition coefficient (Wildman–Crippen LogP) is 2.49. The smallest absolute Gasteiger partial charge is 0.318 e. The Balaban J connectivity index is 2.22. The van der Waals surface area contributed by atoms with Crippen LogP contribution in [0.4, 0.5) is 4.79 Å². The van der Waals surface area contributed by atoms with Crippen molar-refractivity contribution in [2.24, 2.45) is 0 Å². The van der Waals surface area contributed by atoms with Crippen LogP contribution < -0.4 is 10.1 Å². The van der Waals surface area contributed by atoms with Crippen LogP contribution in [-0.4, -0.2) is 42.7 Å². The van der Waals surface area contributed by atoms with Gasteiger partial charge in [0.25, 0.3) is 0 Å². The first-order valence-electron chi connectivity index (χ1n) is 7.42. The lowest BCUT2D eigenvalue weighted by Crippen LogP contribution is -2.40. The number of nitrogens with zero attached hydrogens (tertiary/aromatic N) is 1. The van der Waals surface area contributed by atoms with Gasteiger partial charge in [-0.2, -0.15) is 0 Å². The number of hydrogen-bond acceptors (Lipinski definition) is 4. The molecule has 2 rings (SSSR count). The Bertz CT molecular complexity index is 684. The van der Waals surface area contributed by atoms with Gasteiger partial charge in [0, 0.05) is 19.2 Å². The number of aliphatic carboxylic acids is 1. The largest absolute Gasteiger partial charge is 0.496 e. The number of ether oxygens (including phenoxy) is 1. The van der Waals surface area contributed by atoms with E-state index in [4.69, 9.17) is 14.3 Å². The summed E-state index contributed by atoms with van der Waals surface area (Å²) in [7, 11) is 3.10. The topological polar surface area (TPSA) is 92.0 Å². The first kappa shape index (κ1) is 17.4. The number of nitrogens with one attached hydrogen (secondary N) is 1. The van der Waals surface area contributed by atoms with E-state index in [1.54, 1.807) is 32.4 Å². The zero-order valence-electron chi connectivity index (χ0n) is 13.6. The summed E-state index contributed by atoms with van der Waals surface area (Å²) >= 11 is 0. The molecular weight excluding hydrogens is 312 g/mol. The van der Waals surface area contributed by atoms with Crippen molar-refractivity contribution in [1.82, 2.24) is 10.2 Å². The van der Waals surface area contributed by atoms with Gasteiger partial charge in [0.15, 0.2) is 0 Å². The van der Waals surface area contributed by atoms with Gasteiger partial charge in [0.2, 0.25) is 0 Å². The number of carboxylic acid groups (broad SMARTS) is 1. The predicted molar refractivity (Wildman–Crippen MR) is 87.0 cm³/mol. The third kappa shape index (κ3) is 4.28. The molecule has 0 saturated heterocycles. The molecule has 128 valence electrons. The monoisotopic (exact) mass is 332 g/mol. The van der Waals surface area contributed by atoms with E-state index in [0.29, 0.717) is 11.5 Å². The van der Waals surface area contributed by atoms with Gasteiger partial charge >= 0.3 is 12.0 Å². The Labute approximate surface area is 139 Å². The zero-order chi connectivity index (χ0) is 17.5. The molecule has 2 aromatic rings. The van der Waals surface area contributed by atoms with Crippen molar-refractivity contribution >= 4 is 12.0 Å². The van der Waals surface area contributed by atoms with E-state index < -0.39 is 18.0 Å². The molecule has 0 aliphatic carbocycles. The number of benzene rings is 1. The molecule has 1 heterocycles.